The lowest BCUT2D eigenvalue weighted by Crippen LogP contribution is -2.20. The van der Waals surface area contributed by atoms with Crippen molar-refractivity contribution in [2.75, 3.05) is 18.5 Å². The lowest BCUT2D eigenvalue weighted by molar-refractivity contribution is -0.143. The molecule has 6 heteroatoms. The molecule has 0 bridgehead atoms. The van der Waals surface area contributed by atoms with Crippen LogP contribution in [0, 0.1) is 10.5 Å². The molecule has 1 aromatic rings. The van der Waals surface area contributed by atoms with Gasteiger partial charge in [-0.1, -0.05) is 6.07 Å². The van der Waals surface area contributed by atoms with Gasteiger partial charge in [-0.3, -0.25) is 4.79 Å². The number of carbonyl (C=O) groups is 2. The second kappa shape index (κ2) is 6.55. The summed E-state index contributed by atoms with van der Waals surface area (Å²) in [5, 5.41) is 10.9. The molecule has 0 aliphatic rings. The molecule has 0 saturated carbocycles. The van der Waals surface area contributed by atoms with Crippen LogP contribution in [0.2, 0.25) is 0 Å². The highest BCUT2D eigenvalue weighted by atomic mass is 127. The molecule has 0 aliphatic heterocycles. The van der Waals surface area contributed by atoms with E-state index >= 15 is 0 Å². The highest BCUT2D eigenvalue weighted by Gasteiger charge is 2.05. The number of amides is 1. The second-order valence-corrected chi connectivity index (χ2v) is 4.56. The van der Waals surface area contributed by atoms with Crippen molar-refractivity contribution >= 4 is 40.2 Å². The Bertz CT molecular complexity index is 433. The molecule has 2 N–H and O–H groups in total. The van der Waals surface area contributed by atoms with Crippen molar-refractivity contribution in [2.24, 2.45) is 0 Å². The summed E-state index contributed by atoms with van der Waals surface area (Å²) in [6, 6.07) is 5.52. The number of rotatable bonds is 5. The summed E-state index contributed by atoms with van der Waals surface area (Å²) in [7, 11) is 0. The van der Waals surface area contributed by atoms with E-state index in [0.717, 1.165) is 9.13 Å². The molecular formula is C11H12INO4. The van der Waals surface area contributed by atoms with E-state index in [1.807, 2.05) is 19.1 Å². The first kappa shape index (κ1) is 13.9. The van der Waals surface area contributed by atoms with Gasteiger partial charge in [0.2, 0.25) is 5.91 Å². The van der Waals surface area contributed by atoms with E-state index in [-0.39, 0.29) is 12.5 Å². The van der Waals surface area contributed by atoms with Gasteiger partial charge < -0.3 is 15.2 Å². The monoisotopic (exact) mass is 349 g/mol. The average Bonchev–Trinajstić information content (AvgIpc) is 2.23. The van der Waals surface area contributed by atoms with Gasteiger partial charge in [0.25, 0.3) is 0 Å². The lowest BCUT2D eigenvalue weighted by Gasteiger charge is -2.06. The van der Waals surface area contributed by atoms with E-state index in [2.05, 4.69) is 32.6 Å². The minimum Gasteiger partial charge on any atom is -0.480 e. The van der Waals surface area contributed by atoms with Crippen LogP contribution in [0.4, 0.5) is 5.69 Å². The second-order valence-electron chi connectivity index (χ2n) is 3.40. The Labute approximate surface area is 112 Å². The predicted octanol–water partition coefficient (Wildman–Crippen LogP) is 1.64. The average molecular weight is 349 g/mol. The van der Waals surface area contributed by atoms with Crippen LogP contribution in [0.15, 0.2) is 18.2 Å². The Balaban J connectivity index is 2.45. The first-order chi connectivity index (χ1) is 7.99. The Morgan fingerprint density at radius 2 is 2.12 bits per heavy atom. The van der Waals surface area contributed by atoms with Crippen molar-refractivity contribution in [3.8, 4) is 0 Å². The highest BCUT2D eigenvalue weighted by molar-refractivity contribution is 14.1. The van der Waals surface area contributed by atoms with Gasteiger partial charge in [0, 0.05) is 9.26 Å². The molecule has 1 rings (SSSR count). The van der Waals surface area contributed by atoms with E-state index in [9.17, 15) is 9.59 Å². The van der Waals surface area contributed by atoms with Crippen molar-refractivity contribution in [1.82, 2.24) is 0 Å². The number of carboxylic acids is 1. The zero-order valence-electron chi connectivity index (χ0n) is 9.20. The Morgan fingerprint density at radius 1 is 1.41 bits per heavy atom. The van der Waals surface area contributed by atoms with Crippen LogP contribution in [0.25, 0.3) is 0 Å². The third kappa shape index (κ3) is 5.14. The molecule has 1 amide bonds. The lowest BCUT2D eigenvalue weighted by atomic mass is 10.2. The SMILES string of the molecule is Cc1ccc(NC(=O)COCC(=O)O)cc1I. The summed E-state index contributed by atoms with van der Waals surface area (Å²) in [5.41, 5.74) is 1.80. The Kier molecular flexibility index (Phi) is 5.36. The fourth-order valence-corrected chi connectivity index (χ4v) is 1.61. The fraction of sp³-hybridized carbons (Fsp3) is 0.273. The standard InChI is InChI=1S/C11H12INO4/c1-7-2-3-8(4-9(7)12)13-10(14)5-17-6-11(15)16/h2-4H,5-6H2,1H3,(H,13,14)(H,15,16). The van der Waals surface area contributed by atoms with Crippen LogP contribution in [-0.2, 0) is 14.3 Å². The first-order valence-corrected chi connectivity index (χ1v) is 5.92. The molecule has 17 heavy (non-hydrogen) atoms. The van der Waals surface area contributed by atoms with Crippen molar-refractivity contribution in [3.63, 3.8) is 0 Å². The van der Waals surface area contributed by atoms with Crippen LogP contribution >= 0.6 is 22.6 Å². The van der Waals surface area contributed by atoms with Gasteiger partial charge in [-0.25, -0.2) is 4.79 Å². The van der Waals surface area contributed by atoms with E-state index in [1.165, 1.54) is 0 Å². The number of aliphatic carboxylic acids is 1. The van der Waals surface area contributed by atoms with Gasteiger partial charge in [-0.15, -0.1) is 0 Å². The summed E-state index contributed by atoms with van der Waals surface area (Å²) in [6.07, 6.45) is 0. The van der Waals surface area contributed by atoms with Gasteiger partial charge in [0.05, 0.1) is 0 Å². The predicted molar refractivity (Wildman–Crippen MR) is 71.0 cm³/mol. The summed E-state index contributed by atoms with van der Waals surface area (Å²) >= 11 is 2.17. The van der Waals surface area contributed by atoms with Crippen LogP contribution in [0.5, 0.6) is 0 Å². The summed E-state index contributed by atoms with van der Waals surface area (Å²) in [6.45, 7) is 1.24. The number of hydrogen-bond donors (Lipinski definition) is 2. The summed E-state index contributed by atoms with van der Waals surface area (Å²) in [5.74, 6) is -1.46. The van der Waals surface area contributed by atoms with Crippen molar-refractivity contribution in [2.45, 2.75) is 6.92 Å². The minimum atomic E-state index is -1.09. The van der Waals surface area contributed by atoms with Crippen LogP contribution in [-0.4, -0.2) is 30.2 Å². The van der Waals surface area contributed by atoms with Crippen molar-refractivity contribution in [1.29, 1.82) is 0 Å². The molecule has 0 fully saturated rings. The van der Waals surface area contributed by atoms with Gasteiger partial charge in [0.1, 0.15) is 13.2 Å². The number of hydrogen-bond acceptors (Lipinski definition) is 3. The van der Waals surface area contributed by atoms with Crippen LogP contribution in [0.1, 0.15) is 5.56 Å². The fourth-order valence-electron chi connectivity index (χ4n) is 1.10. The normalized spacial score (nSPS) is 10.0. The molecule has 0 aliphatic carbocycles. The van der Waals surface area contributed by atoms with E-state index in [1.54, 1.807) is 6.07 Å². The quantitative estimate of drug-likeness (QED) is 0.793. The van der Waals surface area contributed by atoms with Crippen molar-refractivity contribution in [3.05, 3.63) is 27.3 Å². The number of nitrogens with one attached hydrogen (secondary N) is 1. The molecule has 0 spiro atoms. The molecule has 0 saturated heterocycles. The maximum atomic E-state index is 11.4. The smallest absolute Gasteiger partial charge is 0.329 e. The Hall–Kier alpha value is -1.15. The number of carbonyl (C=O) groups excluding carboxylic acids is 1. The Morgan fingerprint density at radius 3 is 2.71 bits per heavy atom. The van der Waals surface area contributed by atoms with Gasteiger partial charge >= 0.3 is 5.97 Å². The van der Waals surface area contributed by atoms with Gasteiger partial charge in [-0.2, -0.15) is 0 Å². The maximum absolute atomic E-state index is 11.4. The number of aryl methyl sites for hydroxylation is 1. The van der Waals surface area contributed by atoms with Crippen LogP contribution in [0.3, 0.4) is 0 Å². The number of anilines is 1. The number of ether oxygens (including phenoxy) is 1. The first-order valence-electron chi connectivity index (χ1n) is 4.84. The zero-order valence-corrected chi connectivity index (χ0v) is 11.4. The molecule has 0 aromatic heterocycles. The molecular weight excluding hydrogens is 337 g/mol. The number of carboxylic acid groups (broad SMARTS) is 1. The molecule has 1 aromatic carbocycles. The van der Waals surface area contributed by atoms with Gasteiger partial charge in [-0.05, 0) is 47.2 Å². The summed E-state index contributed by atoms with van der Waals surface area (Å²) < 4.78 is 5.72. The molecule has 0 heterocycles. The topological polar surface area (TPSA) is 75.6 Å². The summed E-state index contributed by atoms with van der Waals surface area (Å²) in [4.78, 5) is 21.5. The minimum absolute atomic E-state index is 0.267. The third-order valence-electron chi connectivity index (χ3n) is 1.91. The zero-order chi connectivity index (χ0) is 12.8. The maximum Gasteiger partial charge on any atom is 0.329 e. The molecule has 92 valence electrons. The highest BCUT2D eigenvalue weighted by Crippen LogP contribution is 2.16. The third-order valence-corrected chi connectivity index (χ3v) is 3.08. The van der Waals surface area contributed by atoms with Crippen LogP contribution < -0.4 is 5.32 Å². The van der Waals surface area contributed by atoms with Gasteiger partial charge in [0.15, 0.2) is 0 Å². The van der Waals surface area contributed by atoms with Crippen molar-refractivity contribution < 1.29 is 19.4 Å². The largest absolute Gasteiger partial charge is 0.480 e. The molecule has 5 nitrogen and oxygen atoms in total. The van der Waals surface area contributed by atoms with E-state index in [0.29, 0.717) is 5.69 Å². The molecule has 0 radical (unpaired) electrons. The number of benzene rings is 1. The molecule has 0 atom stereocenters. The van der Waals surface area contributed by atoms with E-state index in [4.69, 9.17) is 5.11 Å². The number of halogens is 1. The van der Waals surface area contributed by atoms with E-state index < -0.39 is 12.6 Å². The molecule has 0 unspecified atom stereocenters.